The fraction of sp³-hybridized carbons (Fsp3) is 0.440. The molecule has 2 aromatic carbocycles. The molecule has 2 aromatic rings. The monoisotopic (exact) mass is 485 g/mol. The molecule has 8 nitrogen and oxygen atoms in total. The first kappa shape index (κ1) is 24.2. The van der Waals surface area contributed by atoms with Gasteiger partial charge in [0.1, 0.15) is 11.3 Å². The van der Waals surface area contributed by atoms with Crippen molar-refractivity contribution in [1.82, 2.24) is 9.62 Å². The van der Waals surface area contributed by atoms with Gasteiger partial charge in [-0.25, -0.2) is 8.42 Å². The zero-order valence-corrected chi connectivity index (χ0v) is 20.6. The minimum absolute atomic E-state index is 0.0289. The van der Waals surface area contributed by atoms with Gasteiger partial charge in [-0.1, -0.05) is 30.5 Å². The summed E-state index contributed by atoms with van der Waals surface area (Å²) >= 11 is 0. The van der Waals surface area contributed by atoms with Crippen molar-refractivity contribution < 1.29 is 22.7 Å². The molecule has 0 aromatic heterocycles. The molecule has 1 atom stereocenters. The Morgan fingerprint density at radius 1 is 1.06 bits per heavy atom. The average Bonchev–Trinajstić information content (AvgIpc) is 3.32. The number of amides is 2. The SMILES string of the molecule is COc1ccc(N2C(=O)CN(S(=O)(=O)c3ccc(C)cc3)C[C@]2(C)C(=O)NC2CCCC2)cc1. The van der Waals surface area contributed by atoms with E-state index in [2.05, 4.69) is 5.32 Å². The molecule has 2 amide bonds. The average molecular weight is 486 g/mol. The highest BCUT2D eigenvalue weighted by Crippen LogP contribution is 2.33. The van der Waals surface area contributed by atoms with Crippen LogP contribution in [0, 0.1) is 6.92 Å². The maximum atomic E-state index is 13.6. The molecule has 1 heterocycles. The minimum Gasteiger partial charge on any atom is -0.497 e. The third-order valence-electron chi connectivity index (χ3n) is 6.71. The van der Waals surface area contributed by atoms with Crippen LogP contribution in [0.4, 0.5) is 5.69 Å². The van der Waals surface area contributed by atoms with Gasteiger partial charge in [0, 0.05) is 18.3 Å². The van der Waals surface area contributed by atoms with Crippen molar-refractivity contribution in [2.24, 2.45) is 0 Å². The first-order valence-electron chi connectivity index (χ1n) is 11.5. The molecular formula is C25H31N3O5S. The van der Waals surface area contributed by atoms with Crippen molar-refractivity contribution in [3.05, 3.63) is 54.1 Å². The zero-order valence-electron chi connectivity index (χ0n) is 19.8. The van der Waals surface area contributed by atoms with E-state index in [0.29, 0.717) is 11.4 Å². The van der Waals surface area contributed by atoms with Gasteiger partial charge in [-0.3, -0.25) is 14.5 Å². The highest BCUT2D eigenvalue weighted by molar-refractivity contribution is 7.89. The predicted molar refractivity (Wildman–Crippen MR) is 129 cm³/mol. The number of nitrogens with zero attached hydrogens (tertiary/aromatic N) is 2. The topological polar surface area (TPSA) is 96.0 Å². The minimum atomic E-state index is -3.97. The number of sulfonamides is 1. The van der Waals surface area contributed by atoms with Crippen LogP contribution < -0.4 is 15.0 Å². The van der Waals surface area contributed by atoms with E-state index in [0.717, 1.165) is 35.6 Å². The third kappa shape index (κ3) is 4.54. The molecular weight excluding hydrogens is 454 g/mol. The van der Waals surface area contributed by atoms with Gasteiger partial charge in [-0.2, -0.15) is 4.31 Å². The number of benzene rings is 2. The lowest BCUT2D eigenvalue weighted by Crippen LogP contribution is -2.70. The number of piperazine rings is 1. The Labute approximate surface area is 200 Å². The van der Waals surface area contributed by atoms with Crippen LogP contribution in [-0.4, -0.2) is 56.3 Å². The van der Waals surface area contributed by atoms with Gasteiger partial charge in [-0.15, -0.1) is 0 Å². The predicted octanol–water partition coefficient (Wildman–Crippen LogP) is 2.86. The highest BCUT2D eigenvalue weighted by Gasteiger charge is 2.51. The zero-order chi connectivity index (χ0) is 24.5. The summed E-state index contributed by atoms with van der Waals surface area (Å²) in [7, 11) is -2.42. The molecule has 182 valence electrons. The quantitative estimate of drug-likeness (QED) is 0.679. The van der Waals surface area contributed by atoms with Crippen molar-refractivity contribution in [2.45, 2.75) is 56.0 Å². The Kier molecular flexibility index (Phi) is 6.69. The first-order valence-corrected chi connectivity index (χ1v) is 12.9. The van der Waals surface area contributed by atoms with Crippen LogP contribution in [0.1, 0.15) is 38.2 Å². The van der Waals surface area contributed by atoms with Crippen LogP contribution in [0.2, 0.25) is 0 Å². The third-order valence-corrected chi connectivity index (χ3v) is 8.51. The van der Waals surface area contributed by atoms with Gasteiger partial charge in [0.05, 0.1) is 18.6 Å². The van der Waals surface area contributed by atoms with Crippen LogP contribution in [0.3, 0.4) is 0 Å². The highest BCUT2D eigenvalue weighted by atomic mass is 32.2. The number of hydrogen-bond acceptors (Lipinski definition) is 5. The van der Waals surface area contributed by atoms with Crippen LogP contribution >= 0.6 is 0 Å². The lowest BCUT2D eigenvalue weighted by Gasteiger charge is -2.47. The van der Waals surface area contributed by atoms with Crippen LogP contribution in [0.15, 0.2) is 53.4 Å². The molecule has 1 saturated heterocycles. The largest absolute Gasteiger partial charge is 0.497 e. The number of nitrogens with one attached hydrogen (secondary N) is 1. The van der Waals surface area contributed by atoms with Crippen LogP contribution in [-0.2, 0) is 19.6 Å². The molecule has 1 aliphatic carbocycles. The Balaban J connectivity index is 1.72. The van der Waals surface area contributed by atoms with Crippen molar-refractivity contribution >= 4 is 27.5 Å². The van der Waals surface area contributed by atoms with E-state index in [1.54, 1.807) is 50.4 Å². The molecule has 0 unspecified atom stereocenters. The summed E-state index contributed by atoms with van der Waals surface area (Å²) < 4.78 is 33.2. The molecule has 34 heavy (non-hydrogen) atoms. The van der Waals surface area contributed by atoms with Crippen molar-refractivity contribution in [3.63, 3.8) is 0 Å². The second-order valence-corrected chi connectivity index (χ2v) is 11.2. The fourth-order valence-corrected chi connectivity index (χ4v) is 6.22. The van der Waals surface area contributed by atoms with Crippen molar-refractivity contribution in [1.29, 1.82) is 0 Å². The lowest BCUT2D eigenvalue weighted by atomic mass is 9.94. The van der Waals surface area contributed by atoms with E-state index in [1.807, 2.05) is 6.92 Å². The number of hydrogen-bond donors (Lipinski definition) is 1. The van der Waals surface area contributed by atoms with E-state index >= 15 is 0 Å². The van der Waals surface area contributed by atoms with Gasteiger partial charge in [0.15, 0.2) is 0 Å². The molecule has 9 heteroatoms. The number of methoxy groups -OCH3 is 1. The summed E-state index contributed by atoms with van der Waals surface area (Å²) in [5.74, 6) is -0.197. The lowest BCUT2D eigenvalue weighted by molar-refractivity contribution is -0.133. The number of ether oxygens (including phenoxy) is 1. The van der Waals surface area contributed by atoms with Gasteiger partial charge >= 0.3 is 0 Å². The van der Waals surface area contributed by atoms with Crippen molar-refractivity contribution in [3.8, 4) is 5.75 Å². The Bertz CT molecular complexity index is 1160. The van der Waals surface area contributed by atoms with Crippen molar-refractivity contribution in [2.75, 3.05) is 25.1 Å². The maximum absolute atomic E-state index is 13.6. The Morgan fingerprint density at radius 2 is 1.68 bits per heavy atom. The standard InChI is InChI=1S/C25H31N3O5S/c1-18-8-14-22(15-9-18)34(31,32)27-16-23(29)28(20-10-12-21(33-3)13-11-20)25(2,17-27)24(30)26-19-6-4-5-7-19/h8-15,19H,4-7,16-17H2,1-3H3,(H,26,30)/t25-/m1/s1. The van der Waals surface area contributed by atoms with Gasteiger partial charge in [0.2, 0.25) is 21.8 Å². The van der Waals surface area contributed by atoms with E-state index in [1.165, 1.54) is 17.0 Å². The van der Waals surface area contributed by atoms with Crippen LogP contribution in [0.5, 0.6) is 5.75 Å². The molecule has 0 bridgehead atoms. The molecule has 1 aliphatic heterocycles. The fourth-order valence-electron chi connectivity index (χ4n) is 4.74. The summed E-state index contributed by atoms with van der Waals surface area (Å²) in [6.45, 7) is 3.00. The normalized spacial score (nSPS) is 22.1. The van der Waals surface area contributed by atoms with E-state index in [4.69, 9.17) is 4.74 Å². The number of anilines is 1. The second-order valence-electron chi connectivity index (χ2n) is 9.24. The molecule has 0 spiro atoms. The summed E-state index contributed by atoms with van der Waals surface area (Å²) in [6, 6.07) is 13.4. The summed E-state index contributed by atoms with van der Waals surface area (Å²) in [5.41, 5.74) is 0.0203. The number of carbonyl (C=O) groups is 2. The van der Waals surface area contributed by atoms with Gasteiger partial charge in [0.25, 0.3) is 0 Å². The van der Waals surface area contributed by atoms with E-state index in [9.17, 15) is 18.0 Å². The molecule has 1 saturated carbocycles. The second kappa shape index (κ2) is 9.38. The summed E-state index contributed by atoms with van der Waals surface area (Å²) in [5, 5.41) is 3.07. The van der Waals surface area contributed by atoms with Crippen LogP contribution in [0.25, 0.3) is 0 Å². The number of aryl methyl sites for hydroxylation is 1. The summed E-state index contributed by atoms with van der Waals surface area (Å²) in [6.07, 6.45) is 3.83. The molecule has 0 radical (unpaired) electrons. The maximum Gasteiger partial charge on any atom is 0.247 e. The molecule has 2 fully saturated rings. The number of rotatable bonds is 6. The Morgan fingerprint density at radius 3 is 2.26 bits per heavy atom. The van der Waals surface area contributed by atoms with E-state index < -0.39 is 21.5 Å². The smallest absolute Gasteiger partial charge is 0.247 e. The molecule has 1 N–H and O–H groups in total. The Hall–Kier alpha value is -2.91. The summed E-state index contributed by atoms with van der Waals surface area (Å²) in [4.78, 5) is 28.6. The molecule has 4 rings (SSSR count). The van der Waals surface area contributed by atoms with Gasteiger partial charge in [-0.05, 0) is 63.1 Å². The van der Waals surface area contributed by atoms with E-state index in [-0.39, 0.29) is 29.9 Å². The van der Waals surface area contributed by atoms with Gasteiger partial charge < -0.3 is 10.1 Å². The number of carbonyl (C=O) groups excluding carboxylic acids is 2. The first-order chi connectivity index (χ1) is 16.1. The molecule has 2 aliphatic rings.